The van der Waals surface area contributed by atoms with Crippen LogP contribution in [0.25, 0.3) is 0 Å². The molecule has 0 aliphatic carbocycles. The summed E-state index contributed by atoms with van der Waals surface area (Å²) in [7, 11) is -3.41. The van der Waals surface area contributed by atoms with Crippen LogP contribution in [0, 0.1) is 13.8 Å². The van der Waals surface area contributed by atoms with Crippen LogP contribution in [0.1, 0.15) is 22.7 Å². The zero-order chi connectivity index (χ0) is 13.9. The van der Waals surface area contributed by atoms with E-state index in [1.54, 1.807) is 13.1 Å². The predicted octanol–water partition coefficient (Wildman–Crippen LogP) is 1.39. The molecule has 2 aromatic heterocycles. The van der Waals surface area contributed by atoms with Crippen molar-refractivity contribution in [3.8, 4) is 0 Å². The van der Waals surface area contributed by atoms with Crippen LogP contribution < -0.4 is 4.72 Å². The Balaban J connectivity index is 1.84. The number of H-pyrrole nitrogens is 1. The Bertz CT molecular complexity index is 645. The molecule has 0 bridgehead atoms. The van der Waals surface area contributed by atoms with Crippen molar-refractivity contribution < 1.29 is 8.42 Å². The van der Waals surface area contributed by atoms with Gasteiger partial charge in [-0.1, -0.05) is 0 Å². The Morgan fingerprint density at radius 2 is 2.16 bits per heavy atom. The van der Waals surface area contributed by atoms with Gasteiger partial charge in [-0.3, -0.25) is 5.10 Å². The molecule has 0 spiro atoms. The maximum atomic E-state index is 11.9. The summed E-state index contributed by atoms with van der Waals surface area (Å²) in [6, 6.07) is 0. The zero-order valence-electron chi connectivity index (χ0n) is 10.8. The molecule has 0 radical (unpaired) electrons. The minimum absolute atomic E-state index is 0.268. The Labute approximate surface area is 116 Å². The zero-order valence-corrected chi connectivity index (χ0v) is 12.4. The average Bonchev–Trinajstić information content (AvgIpc) is 2.94. The third kappa shape index (κ3) is 3.62. The fraction of sp³-hybridized carbons (Fsp3) is 0.455. The van der Waals surface area contributed by atoms with Crippen LogP contribution >= 0.6 is 11.3 Å². The molecule has 2 heterocycles. The third-order valence-corrected chi connectivity index (χ3v) is 5.55. The summed E-state index contributed by atoms with van der Waals surface area (Å²) in [5.41, 5.74) is 2.15. The van der Waals surface area contributed by atoms with E-state index in [0.29, 0.717) is 6.54 Å². The topological polar surface area (TPSA) is 87.7 Å². The van der Waals surface area contributed by atoms with Crippen LogP contribution in [0.4, 0.5) is 0 Å². The number of aryl methyl sites for hydroxylation is 3. The van der Waals surface area contributed by atoms with E-state index < -0.39 is 10.0 Å². The van der Waals surface area contributed by atoms with Gasteiger partial charge in [0.25, 0.3) is 10.0 Å². The number of rotatable bonds is 6. The van der Waals surface area contributed by atoms with Gasteiger partial charge in [-0.2, -0.15) is 5.10 Å². The molecule has 0 aliphatic rings. The van der Waals surface area contributed by atoms with E-state index in [0.717, 1.165) is 29.1 Å². The summed E-state index contributed by atoms with van der Waals surface area (Å²) in [5.74, 6) is 0. The average molecular weight is 300 g/mol. The van der Waals surface area contributed by atoms with Crippen LogP contribution in [-0.2, 0) is 16.4 Å². The summed E-state index contributed by atoms with van der Waals surface area (Å²) < 4.78 is 26.7. The Hall–Kier alpha value is -1.25. The minimum Gasteiger partial charge on any atom is -0.283 e. The Morgan fingerprint density at radius 1 is 1.37 bits per heavy atom. The number of hydrogen-bond donors (Lipinski definition) is 2. The molecule has 0 amide bonds. The van der Waals surface area contributed by atoms with E-state index in [9.17, 15) is 8.42 Å². The molecule has 0 saturated heterocycles. The first-order valence-corrected chi connectivity index (χ1v) is 8.20. The second kappa shape index (κ2) is 5.81. The summed E-state index contributed by atoms with van der Waals surface area (Å²) in [6.45, 7) is 4.14. The van der Waals surface area contributed by atoms with E-state index in [1.807, 2.05) is 6.92 Å². The maximum Gasteiger partial charge on any atom is 0.251 e. The van der Waals surface area contributed by atoms with Crippen LogP contribution in [0.3, 0.4) is 0 Å². The lowest BCUT2D eigenvalue weighted by Crippen LogP contribution is -2.24. The number of aromatic nitrogens is 3. The molecule has 2 aromatic rings. The first kappa shape index (κ1) is 14.2. The predicted molar refractivity (Wildman–Crippen MR) is 73.7 cm³/mol. The van der Waals surface area contributed by atoms with E-state index in [-0.39, 0.29) is 4.21 Å². The van der Waals surface area contributed by atoms with E-state index >= 15 is 0 Å². The number of thiazole rings is 1. The molecule has 0 unspecified atom stereocenters. The summed E-state index contributed by atoms with van der Waals surface area (Å²) >= 11 is 1.18. The van der Waals surface area contributed by atoms with E-state index in [1.165, 1.54) is 17.5 Å². The molecule has 8 heteroatoms. The van der Waals surface area contributed by atoms with Crippen LogP contribution in [0.2, 0.25) is 0 Å². The molecule has 0 aromatic carbocycles. The van der Waals surface area contributed by atoms with Gasteiger partial charge in [0.05, 0.1) is 17.4 Å². The van der Waals surface area contributed by atoms with Gasteiger partial charge in [-0.05, 0) is 32.3 Å². The lowest BCUT2D eigenvalue weighted by molar-refractivity contribution is 0.581. The Kier molecular flexibility index (Phi) is 4.33. The van der Waals surface area contributed by atoms with Crippen LogP contribution in [-0.4, -0.2) is 30.1 Å². The summed E-state index contributed by atoms with van der Waals surface area (Å²) in [4.78, 5) is 3.95. The number of nitrogens with one attached hydrogen (secondary N) is 2. The van der Waals surface area contributed by atoms with Crippen LogP contribution in [0.5, 0.6) is 0 Å². The lowest BCUT2D eigenvalue weighted by atomic mass is 10.1. The fourth-order valence-corrected chi connectivity index (χ4v) is 3.88. The van der Waals surface area contributed by atoms with Crippen molar-refractivity contribution in [2.75, 3.05) is 6.54 Å². The first-order valence-electron chi connectivity index (χ1n) is 5.90. The first-order chi connectivity index (χ1) is 8.99. The summed E-state index contributed by atoms with van der Waals surface area (Å²) in [6.07, 6.45) is 4.70. The van der Waals surface area contributed by atoms with Gasteiger partial charge in [0.1, 0.15) is 0 Å². The quantitative estimate of drug-likeness (QED) is 0.789. The highest BCUT2D eigenvalue weighted by atomic mass is 32.2. The molecule has 0 aliphatic heterocycles. The van der Waals surface area contributed by atoms with Gasteiger partial charge < -0.3 is 0 Å². The highest BCUT2D eigenvalue weighted by Crippen LogP contribution is 2.17. The van der Waals surface area contributed by atoms with Gasteiger partial charge in [0, 0.05) is 12.2 Å². The standard InChI is InChI=1S/C11H16N4O2S2/c1-8-10(6-13-15-8)4-3-5-14-19(16,17)11-7-12-9(2)18-11/h6-7,14H,3-5H2,1-2H3,(H,13,15). The molecule has 2 rings (SSSR count). The number of nitrogens with zero attached hydrogens (tertiary/aromatic N) is 2. The summed E-state index contributed by atoms with van der Waals surface area (Å²) in [5, 5.41) is 7.53. The van der Waals surface area contributed by atoms with Crippen molar-refractivity contribution in [1.82, 2.24) is 19.9 Å². The maximum absolute atomic E-state index is 11.9. The monoisotopic (exact) mass is 300 g/mol. The molecule has 2 N–H and O–H groups in total. The van der Waals surface area contributed by atoms with Crippen LogP contribution in [0.15, 0.2) is 16.6 Å². The normalized spacial score (nSPS) is 11.9. The fourth-order valence-electron chi connectivity index (χ4n) is 1.65. The smallest absolute Gasteiger partial charge is 0.251 e. The molecule has 19 heavy (non-hydrogen) atoms. The van der Waals surface area contributed by atoms with Gasteiger partial charge in [-0.25, -0.2) is 18.1 Å². The molecule has 0 atom stereocenters. The van der Waals surface area contributed by atoms with Gasteiger partial charge in [-0.15, -0.1) is 11.3 Å². The molecule has 0 saturated carbocycles. The highest BCUT2D eigenvalue weighted by Gasteiger charge is 2.16. The lowest BCUT2D eigenvalue weighted by Gasteiger charge is -2.03. The van der Waals surface area contributed by atoms with Crippen molar-refractivity contribution in [3.63, 3.8) is 0 Å². The van der Waals surface area contributed by atoms with E-state index in [4.69, 9.17) is 0 Å². The molecular weight excluding hydrogens is 284 g/mol. The second-order valence-electron chi connectivity index (χ2n) is 4.22. The number of sulfonamides is 1. The Morgan fingerprint density at radius 3 is 2.74 bits per heavy atom. The van der Waals surface area contributed by atoms with Crippen molar-refractivity contribution >= 4 is 21.4 Å². The number of aromatic amines is 1. The number of hydrogen-bond acceptors (Lipinski definition) is 5. The van der Waals surface area contributed by atoms with Crippen molar-refractivity contribution in [1.29, 1.82) is 0 Å². The molecule has 6 nitrogen and oxygen atoms in total. The van der Waals surface area contributed by atoms with Crippen molar-refractivity contribution in [3.05, 3.63) is 28.7 Å². The third-order valence-electron chi connectivity index (χ3n) is 2.71. The second-order valence-corrected chi connectivity index (χ2v) is 7.45. The minimum atomic E-state index is -3.41. The molecular formula is C11H16N4O2S2. The molecule has 0 fully saturated rings. The molecule has 104 valence electrons. The van der Waals surface area contributed by atoms with Gasteiger partial charge in [0.2, 0.25) is 0 Å². The van der Waals surface area contributed by atoms with E-state index in [2.05, 4.69) is 19.9 Å². The highest BCUT2D eigenvalue weighted by molar-refractivity contribution is 7.91. The SMILES string of the molecule is Cc1ncc(S(=O)(=O)NCCCc2cn[nH]c2C)s1. The van der Waals surface area contributed by atoms with Crippen molar-refractivity contribution in [2.45, 2.75) is 30.9 Å². The van der Waals surface area contributed by atoms with Gasteiger partial charge >= 0.3 is 0 Å². The largest absolute Gasteiger partial charge is 0.283 e. The van der Waals surface area contributed by atoms with Crippen molar-refractivity contribution in [2.24, 2.45) is 0 Å². The van der Waals surface area contributed by atoms with Gasteiger partial charge in [0.15, 0.2) is 4.21 Å².